The van der Waals surface area contributed by atoms with Crippen molar-refractivity contribution in [2.24, 2.45) is 7.05 Å². The van der Waals surface area contributed by atoms with Gasteiger partial charge in [-0.15, -0.1) is 5.10 Å². The molecule has 0 fully saturated rings. The van der Waals surface area contributed by atoms with E-state index < -0.39 is 18.7 Å². The Morgan fingerprint density at radius 3 is 2.90 bits per heavy atom. The molecular weight excluding hydrogens is 279 g/mol. The summed E-state index contributed by atoms with van der Waals surface area (Å²) in [6.07, 6.45) is -2.95. The first-order valence-corrected chi connectivity index (χ1v) is 5.40. The zero-order chi connectivity index (χ0) is 14.8. The van der Waals surface area contributed by atoms with Crippen LogP contribution in [0, 0.1) is 0 Å². The van der Waals surface area contributed by atoms with Gasteiger partial charge in [0.1, 0.15) is 5.69 Å². The molecule has 0 aliphatic rings. The minimum Gasteiger partial charge on any atom is -0.467 e. The van der Waals surface area contributed by atoms with Crippen LogP contribution < -0.4 is 10.1 Å². The van der Waals surface area contributed by atoms with Gasteiger partial charge in [0.2, 0.25) is 5.88 Å². The van der Waals surface area contributed by atoms with Gasteiger partial charge in [0.15, 0.2) is 12.4 Å². The molecule has 0 atom stereocenters. The largest absolute Gasteiger partial charge is 0.467 e. The van der Waals surface area contributed by atoms with E-state index in [1.807, 2.05) is 0 Å². The van der Waals surface area contributed by atoms with Gasteiger partial charge in [0, 0.05) is 25.4 Å². The molecule has 0 radical (unpaired) electrons. The van der Waals surface area contributed by atoms with Crippen LogP contribution in [0.15, 0.2) is 18.3 Å². The molecule has 2 aromatic rings. The van der Waals surface area contributed by atoms with Crippen molar-refractivity contribution in [3.8, 4) is 5.88 Å². The molecule has 2 rings (SSSR count). The molecule has 0 spiro atoms. The summed E-state index contributed by atoms with van der Waals surface area (Å²) < 4.78 is 41.6. The molecule has 0 aromatic carbocycles. The lowest BCUT2D eigenvalue weighted by Crippen LogP contribution is -2.19. The second-order valence-corrected chi connectivity index (χ2v) is 3.81. The van der Waals surface area contributed by atoms with Gasteiger partial charge in [-0.05, 0) is 0 Å². The van der Waals surface area contributed by atoms with Crippen molar-refractivity contribution in [3.63, 3.8) is 0 Å². The van der Waals surface area contributed by atoms with E-state index in [4.69, 9.17) is 0 Å². The highest BCUT2D eigenvalue weighted by atomic mass is 19.4. The van der Waals surface area contributed by atoms with Gasteiger partial charge in [0.05, 0.1) is 0 Å². The van der Waals surface area contributed by atoms with E-state index in [1.54, 1.807) is 0 Å². The third-order valence-corrected chi connectivity index (χ3v) is 2.22. The van der Waals surface area contributed by atoms with Crippen molar-refractivity contribution >= 4 is 11.7 Å². The number of carbonyl (C=O) groups excluding carboxylic acids is 1. The molecule has 0 saturated carbocycles. The van der Waals surface area contributed by atoms with Crippen molar-refractivity contribution in [2.45, 2.75) is 6.18 Å². The molecule has 1 amide bonds. The standard InChI is InChI=1S/C10H10F3N5O2/c1-18-6(9(19)15-7-2-3-14-16-7)4-8(17-18)20-5-10(11,12)13/h2-4H,5H2,1H3,(H2,14,15,16,19). The van der Waals surface area contributed by atoms with Gasteiger partial charge in [-0.1, -0.05) is 0 Å². The van der Waals surface area contributed by atoms with Crippen LogP contribution in [0.4, 0.5) is 19.0 Å². The first kappa shape index (κ1) is 13.9. The van der Waals surface area contributed by atoms with Crippen LogP contribution in [0.5, 0.6) is 5.88 Å². The number of halogens is 3. The summed E-state index contributed by atoms with van der Waals surface area (Å²) in [5, 5.41) is 12.3. The number of hydrogen-bond donors (Lipinski definition) is 2. The fourth-order valence-electron chi connectivity index (χ4n) is 1.39. The van der Waals surface area contributed by atoms with Crippen LogP contribution in [0.3, 0.4) is 0 Å². The van der Waals surface area contributed by atoms with Gasteiger partial charge in [0.25, 0.3) is 5.91 Å². The number of carbonyl (C=O) groups is 1. The summed E-state index contributed by atoms with van der Waals surface area (Å²) >= 11 is 0. The summed E-state index contributed by atoms with van der Waals surface area (Å²) in [6.45, 7) is -1.47. The monoisotopic (exact) mass is 289 g/mol. The zero-order valence-electron chi connectivity index (χ0n) is 10.2. The highest BCUT2D eigenvalue weighted by Gasteiger charge is 2.29. The number of aryl methyl sites for hydroxylation is 1. The Morgan fingerprint density at radius 2 is 2.30 bits per heavy atom. The highest BCUT2D eigenvalue weighted by Crippen LogP contribution is 2.18. The molecule has 10 heteroatoms. The van der Waals surface area contributed by atoms with E-state index in [0.717, 1.165) is 10.7 Å². The van der Waals surface area contributed by atoms with Gasteiger partial charge >= 0.3 is 6.18 Å². The number of aromatic amines is 1. The minimum absolute atomic E-state index is 0.0465. The molecule has 0 bridgehead atoms. The lowest BCUT2D eigenvalue weighted by atomic mass is 10.4. The zero-order valence-corrected chi connectivity index (χ0v) is 10.2. The van der Waals surface area contributed by atoms with E-state index in [-0.39, 0.29) is 17.4 Å². The van der Waals surface area contributed by atoms with E-state index >= 15 is 0 Å². The second-order valence-electron chi connectivity index (χ2n) is 3.81. The molecule has 0 unspecified atom stereocenters. The predicted molar refractivity (Wildman–Crippen MR) is 61.3 cm³/mol. The molecular formula is C10H10F3N5O2. The number of H-pyrrole nitrogens is 1. The highest BCUT2D eigenvalue weighted by molar-refractivity contribution is 6.02. The molecule has 0 aliphatic carbocycles. The second kappa shape index (κ2) is 5.23. The number of anilines is 1. The van der Waals surface area contributed by atoms with Gasteiger partial charge < -0.3 is 10.1 Å². The molecule has 2 N–H and O–H groups in total. The average Bonchev–Trinajstić information content (AvgIpc) is 2.95. The van der Waals surface area contributed by atoms with Crippen LogP contribution in [0.2, 0.25) is 0 Å². The van der Waals surface area contributed by atoms with Gasteiger partial charge in [-0.3, -0.25) is 14.6 Å². The van der Waals surface area contributed by atoms with E-state index in [1.165, 1.54) is 19.3 Å². The number of amides is 1. The predicted octanol–water partition coefficient (Wildman–Crippen LogP) is 1.34. The van der Waals surface area contributed by atoms with Gasteiger partial charge in [-0.2, -0.15) is 18.3 Å². The summed E-state index contributed by atoms with van der Waals surface area (Å²) in [5.41, 5.74) is 0.0465. The molecule has 7 nitrogen and oxygen atoms in total. The number of hydrogen-bond acceptors (Lipinski definition) is 4. The maximum atomic E-state index is 12.0. The molecule has 0 aliphatic heterocycles. The maximum absolute atomic E-state index is 12.0. The third kappa shape index (κ3) is 3.49. The normalized spacial score (nSPS) is 11.4. The maximum Gasteiger partial charge on any atom is 0.422 e. The van der Waals surface area contributed by atoms with E-state index in [0.29, 0.717) is 0 Å². The fraction of sp³-hybridized carbons (Fsp3) is 0.300. The number of rotatable bonds is 4. The molecule has 2 heterocycles. The SMILES string of the molecule is Cn1nc(OCC(F)(F)F)cc1C(=O)Nc1cc[nH]n1. The topological polar surface area (TPSA) is 84.8 Å². The lowest BCUT2D eigenvalue weighted by Gasteiger charge is -2.05. The molecule has 108 valence electrons. The van der Waals surface area contributed by atoms with Crippen molar-refractivity contribution in [1.29, 1.82) is 0 Å². The van der Waals surface area contributed by atoms with Crippen LogP contribution in [0.1, 0.15) is 10.5 Å². The van der Waals surface area contributed by atoms with Crippen molar-refractivity contribution in [2.75, 3.05) is 11.9 Å². The Kier molecular flexibility index (Phi) is 3.63. The van der Waals surface area contributed by atoms with E-state index in [2.05, 4.69) is 25.3 Å². The van der Waals surface area contributed by atoms with Gasteiger partial charge in [-0.25, -0.2) is 0 Å². The van der Waals surface area contributed by atoms with Crippen molar-refractivity contribution in [1.82, 2.24) is 20.0 Å². The average molecular weight is 289 g/mol. The van der Waals surface area contributed by atoms with E-state index in [9.17, 15) is 18.0 Å². The number of alkyl halides is 3. The summed E-state index contributed by atoms with van der Waals surface area (Å²) in [7, 11) is 1.42. The number of nitrogens with one attached hydrogen (secondary N) is 2. The van der Waals surface area contributed by atoms with Crippen LogP contribution in [0.25, 0.3) is 0 Å². The Labute approximate surface area is 110 Å². The Bertz CT molecular complexity index is 591. The molecule has 20 heavy (non-hydrogen) atoms. The van der Waals surface area contributed by atoms with Crippen LogP contribution in [-0.4, -0.2) is 38.7 Å². The van der Waals surface area contributed by atoms with Crippen molar-refractivity contribution < 1.29 is 22.7 Å². The number of nitrogens with zero attached hydrogens (tertiary/aromatic N) is 3. The third-order valence-electron chi connectivity index (χ3n) is 2.22. The smallest absolute Gasteiger partial charge is 0.422 e. The summed E-state index contributed by atoms with van der Waals surface area (Å²) in [5.74, 6) is -0.556. The Morgan fingerprint density at radius 1 is 1.55 bits per heavy atom. The van der Waals surface area contributed by atoms with Crippen LogP contribution in [-0.2, 0) is 7.05 Å². The van der Waals surface area contributed by atoms with Crippen molar-refractivity contribution in [3.05, 3.63) is 24.0 Å². The summed E-state index contributed by atoms with van der Waals surface area (Å²) in [4.78, 5) is 11.8. The lowest BCUT2D eigenvalue weighted by molar-refractivity contribution is -0.154. The fourth-order valence-corrected chi connectivity index (χ4v) is 1.39. The number of aromatic nitrogens is 4. The quantitative estimate of drug-likeness (QED) is 0.889. The van der Waals surface area contributed by atoms with Crippen LogP contribution >= 0.6 is 0 Å². The Hall–Kier alpha value is -2.52. The number of ether oxygens (including phenoxy) is 1. The summed E-state index contributed by atoms with van der Waals surface area (Å²) in [6, 6.07) is 2.64. The molecule has 2 aromatic heterocycles. The first-order chi connectivity index (χ1) is 9.35. The first-order valence-electron chi connectivity index (χ1n) is 5.40. The minimum atomic E-state index is -4.46. The molecule has 0 saturated heterocycles. The Balaban J connectivity index is 2.05.